The molecule has 1 nitrogen and oxygen atoms in total. The number of benzene rings is 1. The predicted octanol–water partition coefficient (Wildman–Crippen LogP) is 3.66. The summed E-state index contributed by atoms with van der Waals surface area (Å²) in [5.41, 5.74) is 0.996. The Morgan fingerprint density at radius 3 is 2.24 bits per heavy atom. The molecular weight excluding hydrogens is 220 g/mol. The third kappa shape index (κ3) is 2.65. The van der Waals surface area contributed by atoms with E-state index in [1.165, 1.54) is 12.1 Å². The summed E-state index contributed by atoms with van der Waals surface area (Å²) in [5.74, 6) is -0.536. The van der Waals surface area contributed by atoms with Gasteiger partial charge in [-0.2, -0.15) is 0 Å². The fraction of sp³-hybridized carbons (Fsp3) is 0.571. The Morgan fingerprint density at radius 2 is 1.82 bits per heavy atom. The normalized spacial score (nSPS) is 23.5. The Kier molecular flexibility index (Phi) is 3.21. The van der Waals surface area contributed by atoms with Crippen molar-refractivity contribution in [3.8, 4) is 0 Å². The lowest BCUT2D eigenvalue weighted by Crippen LogP contribution is -2.24. The summed E-state index contributed by atoms with van der Waals surface area (Å²) in [5, 5.41) is 3.34. The van der Waals surface area contributed by atoms with Crippen molar-refractivity contribution >= 4 is 0 Å². The Morgan fingerprint density at radius 1 is 1.29 bits per heavy atom. The largest absolute Gasteiger partial charge is 0.310 e. The quantitative estimate of drug-likeness (QED) is 0.845. The van der Waals surface area contributed by atoms with Crippen LogP contribution in [0.4, 0.5) is 8.78 Å². The van der Waals surface area contributed by atoms with E-state index >= 15 is 0 Å². The van der Waals surface area contributed by atoms with Crippen LogP contribution in [0.15, 0.2) is 18.2 Å². The Balaban J connectivity index is 2.26. The van der Waals surface area contributed by atoms with Crippen molar-refractivity contribution in [3.63, 3.8) is 0 Å². The zero-order chi connectivity index (χ0) is 12.6. The molecule has 1 N–H and O–H groups in total. The number of halogens is 2. The van der Waals surface area contributed by atoms with E-state index < -0.39 is 11.6 Å². The lowest BCUT2D eigenvalue weighted by molar-refractivity contribution is 0.419. The van der Waals surface area contributed by atoms with Crippen molar-refractivity contribution in [1.29, 1.82) is 0 Å². The highest BCUT2D eigenvalue weighted by Gasteiger charge is 2.50. The Bertz CT molecular complexity index is 394. The fourth-order valence-electron chi connectivity index (χ4n) is 2.54. The van der Waals surface area contributed by atoms with E-state index in [1.807, 2.05) is 6.92 Å². The third-order valence-electron chi connectivity index (χ3n) is 3.66. The maximum atomic E-state index is 13.2. The van der Waals surface area contributed by atoms with Crippen LogP contribution >= 0.6 is 0 Å². The third-order valence-corrected chi connectivity index (χ3v) is 3.66. The monoisotopic (exact) mass is 239 g/mol. The van der Waals surface area contributed by atoms with Crippen molar-refractivity contribution in [2.75, 3.05) is 6.54 Å². The number of nitrogens with one attached hydrogen (secondary N) is 1. The molecule has 1 saturated carbocycles. The van der Waals surface area contributed by atoms with Crippen LogP contribution in [0.25, 0.3) is 0 Å². The molecular formula is C14H19F2N. The van der Waals surface area contributed by atoms with E-state index in [2.05, 4.69) is 19.2 Å². The van der Waals surface area contributed by atoms with Crippen LogP contribution < -0.4 is 5.32 Å². The minimum absolute atomic E-state index is 0.0557. The molecule has 0 aromatic heterocycles. The van der Waals surface area contributed by atoms with Crippen LogP contribution in [0.5, 0.6) is 0 Å². The van der Waals surface area contributed by atoms with Gasteiger partial charge in [0.15, 0.2) is 0 Å². The molecule has 0 saturated heterocycles. The number of hydrogen-bond acceptors (Lipinski definition) is 1. The summed E-state index contributed by atoms with van der Waals surface area (Å²) in [7, 11) is 0. The van der Waals surface area contributed by atoms with Gasteiger partial charge in [0.1, 0.15) is 11.6 Å². The molecule has 17 heavy (non-hydrogen) atoms. The van der Waals surface area contributed by atoms with Crippen molar-refractivity contribution in [3.05, 3.63) is 35.4 Å². The van der Waals surface area contributed by atoms with Crippen molar-refractivity contribution in [2.45, 2.75) is 33.2 Å². The highest BCUT2D eigenvalue weighted by Crippen LogP contribution is 2.57. The molecule has 94 valence electrons. The number of hydrogen-bond donors (Lipinski definition) is 1. The van der Waals surface area contributed by atoms with Crippen molar-refractivity contribution in [2.24, 2.45) is 11.3 Å². The molecule has 0 amide bonds. The first kappa shape index (κ1) is 12.5. The van der Waals surface area contributed by atoms with Crippen LogP contribution in [0.2, 0.25) is 0 Å². The molecule has 1 aromatic rings. The molecule has 2 unspecified atom stereocenters. The molecule has 3 heteroatoms. The minimum atomic E-state index is -0.499. The SMILES string of the molecule is CCNC(c1cc(F)cc(F)c1)C1CC1(C)C. The van der Waals surface area contributed by atoms with E-state index in [4.69, 9.17) is 0 Å². The second-order valence-corrected chi connectivity index (χ2v) is 5.54. The lowest BCUT2D eigenvalue weighted by Gasteiger charge is -2.20. The van der Waals surface area contributed by atoms with Gasteiger partial charge in [0.05, 0.1) is 0 Å². The Hall–Kier alpha value is -0.960. The van der Waals surface area contributed by atoms with Crippen LogP contribution in [0.3, 0.4) is 0 Å². The molecule has 0 aliphatic heterocycles. The predicted molar refractivity (Wildman–Crippen MR) is 64.7 cm³/mol. The van der Waals surface area contributed by atoms with Gasteiger partial charge < -0.3 is 5.32 Å². The zero-order valence-electron chi connectivity index (χ0n) is 10.6. The van der Waals surface area contributed by atoms with Crippen LogP contribution in [-0.4, -0.2) is 6.54 Å². The molecule has 1 aliphatic rings. The second kappa shape index (κ2) is 4.37. The van der Waals surface area contributed by atoms with Gasteiger partial charge in [-0.1, -0.05) is 20.8 Å². The summed E-state index contributed by atoms with van der Waals surface area (Å²) in [6.45, 7) is 7.20. The maximum absolute atomic E-state index is 13.2. The summed E-state index contributed by atoms with van der Waals surface area (Å²) < 4.78 is 26.5. The molecule has 0 bridgehead atoms. The number of rotatable bonds is 4. The minimum Gasteiger partial charge on any atom is -0.310 e. The summed E-state index contributed by atoms with van der Waals surface area (Å²) in [4.78, 5) is 0. The standard InChI is InChI=1S/C14H19F2N/c1-4-17-13(12-8-14(12,2)3)9-5-10(15)7-11(16)6-9/h5-7,12-13,17H,4,8H2,1-3H3. The van der Waals surface area contributed by atoms with Crippen LogP contribution in [-0.2, 0) is 0 Å². The van der Waals surface area contributed by atoms with E-state index in [9.17, 15) is 8.78 Å². The van der Waals surface area contributed by atoms with Gasteiger partial charge >= 0.3 is 0 Å². The highest BCUT2D eigenvalue weighted by atomic mass is 19.1. The topological polar surface area (TPSA) is 12.0 Å². The fourth-order valence-corrected chi connectivity index (χ4v) is 2.54. The summed E-state index contributed by atoms with van der Waals surface area (Å²) in [6.07, 6.45) is 1.10. The van der Waals surface area contributed by atoms with E-state index in [-0.39, 0.29) is 11.5 Å². The molecule has 0 radical (unpaired) electrons. The van der Waals surface area contributed by atoms with E-state index in [1.54, 1.807) is 0 Å². The van der Waals surface area contributed by atoms with Crippen molar-refractivity contribution < 1.29 is 8.78 Å². The molecule has 1 aromatic carbocycles. The first-order valence-corrected chi connectivity index (χ1v) is 6.13. The van der Waals surface area contributed by atoms with Crippen LogP contribution in [0.1, 0.15) is 38.8 Å². The van der Waals surface area contributed by atoms with Gasteiger partial charge in [-0.25, -0.2) is 8.78 Å². The van der Waals surface area contributed by atoms with Gasteiger partial charge in [-0.05, 0) is 42.0 Å². The molecule has 1 aliphatic carbocycles. The zero-order valence-corrected chi connectivity index (χ0v) is 10.6. The second-order valence-electron chi connectivity index (χ2n) is 5.54. The van der Waals surface area contributed by atoms with Gasteiger partial charge in [-0.3, -0.25) is 0 Å². The average Bonchev–Trinajstić information content (AvgIpc) is 2.82. The molecule has 1 fully saturated rings. The van der Waals surface area contributed by atoms with Gasteiger partial charge in [0.25, 0.3) is 0 Å². The lowest BCUT2D eigenvalue weighted by atomic mass is 9.97. The van der Waals surface area contributed by atoms with Crippen LogP contribution in [0, 0.1) is 23.0 Å². The molecule has 0 spiro atoms. The summed E-state index contributed by atoms with van der Waals surface area (Å²) in [6, 6.07) is 3.85. The molecule has 2 atom stereocenters. The van der Waals surface area contributed by atoms with Gasteiger partial charge in [0, 0.05) is 12.1 Å². The maximum Gasteiger partial charge on any atom is 0.126 e. The molecule has 2 rings (SSSR count). The summed E-state index contributed by atoms with van der Waals surface area (Å²) >= 11 is 0. The van der Waals surface area contributed by atoms with E-state index in [0.29, 0.717) is 5.92 Å². The molecule has 0 heterocycles. The average molecular weight is 239 g/mol. The highest BCUT2D eigenvalue weighted by molar-refractivity contribution is 5.25. The Labute approximate surface area is 101 Å². The van der Waals surface area contributed by atoms with Crippen molar-refractivity contribution in [1.82, 2.24) is 5.32 Å². The smallest absolute Gasteiger partial charge is 0.126 e. The van der Waals surface area contributed by atoms with Gasteiger partial charge in [0.2, 0.25) is 0 Å². The first-order chi connectivity index (χ1) is 7.94. The van der Waals surface area contributed by atoms with Gasteiger partial charge in [-0.15, -0.1) is 0 Å². The first-order valence-electron chi connectivity index (χ1n) is 6.13. The van der Waals surface area contributed by atoms with E-state index in [0.717, 1.165) is 24.6 Å².